The summed E-state index contributed by atoms with van der Waals surface area (Å²) in [5.74, 6) is 0.184. The third-order valence-corrected chi connectivity index (χ3v) is 7.57. The summed E-state index contributed by atoms with van der Waals surface area (Å²) in [6.45, 7) is 1.18. The molecule has 0 saturated carbocycles. The fraction of sp³-hybridized carbons (Fsp3) is 0.310. The zero-order valence-electron chi connectivity index (χ0n) is 20.1. The van der Waals surface area contributed by atoms with Crippen molar-refractivity contribution in [2.75, 3.05) is 13.2 Å². The van der Waals surface area contributed by atoms with Crippen molar-refractivity contribution in [3.05, 3.63) is 87.4 Å². The number of ketones is 1. The number of aliphatic carboxylic acids is 1. The van der Waals surface area contributed by atoms with Gasteiger partial charge in [0.05, 0.1) is 17.5 Å². The molecule has 3 aromatic carbocycles. The van der Waals surface area contributed by atoms with Crippen molar-refractivity contribution in [2.45, 2.75) is 37.6 Å². The molecule has 3 atom stereocenters. The topological polar surface area (TPSA) is 84.9 Å². The van der Waals surface area contributed by atoms with Crippen LogP contribution >= 0.6 is 23.2 Å². The van der Waals surface area contributed by atoms with Gasteiger partial charge in [-0.2, -0.15) is 0 Å². The molecule has 192 valence electrons. The van der Waals surface area contributed by atoms with Crippen LogP contribution < -0.4 is 14.8 Å². The summed E-state index contributed by atoms with van der Waals surface area (Å²) in [5, 5.41) is 14.0. The van der Waals surface area contributed by atoms with Crippen LogP contribution in [-0.4, -0.2) is 30.0 Å². The van der Waals surface area contributed by atoms with Crippen LogP contribution in [0.2, 0.25) is 10.0 Å². The quantitative estimate of drug-likeness (QED) is 0.313. The van der Waals surface area contributed by atoms with Crippen LogP contribution in [0.4, 0.5) is 0 Å². The standard InChI is InChI=1S/C29H27Cl2NO5/c30-20-3-1-2-19(14-20)25-12-17(8-10-32-25)13-26(33)18-4-6-21(7-5-18)37-28-16-27-23(15-24(28)31)22(29(34)35)9-11-36-27/h1-7,14-17,22,25,32H,8-13H2,(H,34,35)/t17-,22?,25?/m0/s1. The Hall–Kier alpha value is -3.06. The highest BCUT2D eigenvalue weighted by atomic mass is 35.5. The molecule has 8 heteroatoms. The number of nitrogens with one attached hydrogen (secondary N) is 1. The van der Waals surface area contributed by atoms with Crippen LogP contribution in [0.15, 0.2) is 60.7 Å². The molecule has 0 aliphatic carbocycles. The van der Waals surface area contributed by atoms with Crippen LogP contribution in [0, 0.1) is 5.92 Å². The SMILES string of the molecule is O=C(C[C@H]1CCNC(c2cccc(Cl)c2)C1)c1ccc(Oc2cc3c(cc2Cl)C(C(=O)O)CCO3)cc1. The van der Waals surface area contributed by atoms with Gasteiger partial charge in [0.1, 0.15) is 17.2 Å². The van der Waals surface area contributed by atoms with Gasteiger partial charge in [0.25, 0.3) is 0 Å². The first-order valence-electron chi connectivity index (χ1n) is 12.4. The molecule has 0 aromatic heterocycles. The van der Waals surface area contributed by atoms with Crippen molar-refractivity contribution in [3.63, 3.8) is 0 Å². The first kappa shape index (κ1) is 25.6. The van der Waals surface area contributed by atoms with Gasteiger partial charge in [-0.05, 0) is 79.8 Å². The number of hydrogen-bond acceptors (Lipinski definition) is 5. The zero-order chi connectivity index (χ0) is 25.9. The summed E-state index contributed by atoms with van der Waals surface area (Å²) in [6.07, 6.45) is 2.71. The number of halogens is 2. The maximum atomic E-state index is 13.0. The Morgan fingerprint density at radius 2 is 1.86 bits per heavy atom. The predicted octanol–water partition coefficient (Wildman–Crippen LogP) is 7.05. The molecule has 0 radical (unpaired) electrons. The first-order valence-corrected chi connectivity index (χ1v) is 13.1. The number of Topliss-reactive ketones (excluding diaryl/α,β-unsaturated/α-hetero) is 1. The molecule has 0 bridgehead atoms. The fourth-order valence-corrected chi connectivity index (χ4v) is 5.51. The Labute approximate surface area is 225 Å². The molecule has 2 unspecified atom stereocenters. The zero-order valence-corrected chi connectivity index (χ0v) is 21.6. The lowest BCUT2D eigenvalue weighted by molar-refractivity contribution is -0.139. The molecule has 6 nitrogen and oxygen atoms in total. The van der Waals surface area contributed by atoms with Crippen molar-refractivity contribution in [1.82, 2.24) is 5.32 Å². The van der Waals surface area contributed by atoms with E-state index < -0.39 is 11.9 Å². The molecule has 2 aliphatic rings. The molecule has 0 amide bonds. The summed E-state index contributed by atoms with van der Waals surface area (Å²) in [4.78, 5) is 24.6. The van der Waals surface area contributed by atoms with E-state index in [2.05, 4.69) is 11.4 Å². The summed E-state index contributed by atoms with van der Waals surface area (Å²) in [7, 11) is 0. The number of carbonyl (C=O) groups is 2. The molecular weight excluding hydrogens is 513 g/mol. The van der Waals surface area contributed by atoms with Crippen molar-refractivity contribution < 1.29 is 24.2 Å². The second-order valence-electron chi connectivity index (χ2n) is 9.55. The Morgan fingerprint density at radius 3 is 2.62 bits per heavy atom. The smallest absolute Gasteiger partial charge is 0.311 e. The van der Waals surface area contributed by atoms with Crippen molar-refractivity contribution in [2.24, 2.45) is 5.92 Å². The summed E-state index contributed by atoms with van der Waals surface area (Å²) < 4.78 is 11.6. The molecular formula is C29H27Cl2NO5. The third-order valence-electron chi connectivity index (χ3n) is 7.04. The minimum Gasteiger partial charge on any atom is -0.493 e. The van der Waals surface area contributed by atoms with Crippen LogP contribution in [-0.2, 0) is 4.79 Å². The number of fused-ring (bicyclic) bond motifs is 1. The van der Waals surface area contributed by atoms with Crippen molar-refractivity contribution >= 4 is 35.0 Å². The van der Waals surface area contributed by atoms with Crippen LogP contribution in [0.25, 0.3) is 0 Å². The van der Waals surface area contributed by atoms with Crippen molar-refractivity contribution in [1.29, 1.82) is 0 Å². The van der Waals surface area contributed by atoms with Gasteiger partial charge in [-0.3, -0.25) is 9.59 Å². The van der Waals surface area contributed by atoms with E-state index >= 15 is 0 Å². The number of carbonyl (C=O) groups excluding carboxylic acids is 1. The lowest BCUT2D eigenvalue weighted by Crippen LogP contribution is -2.32. The third kappa shape index (κ3) is 5.93. The van der Waals surface area contributed by atoms with Gasteiger partial charge >= 0.3 is 5.97 Å². The highest BCUT2D eigenvalue weighted by Crippen LogP contribution is 2.42. The van der Waals surface area contributed by atoms with Gasteiger partial charge in [-0.25, -0.2) is 0 Å². The largest absolute Gasteiger partial charge is 0.493 e. The highest BCUT2D eigenvalue weighted by Gasteiger charge is 2.29. The highest BCUT2D eigenvalue weighted by molar-refractivity contribution is 6.32. The first-order chi connectivity index (χ1) is 17.9. The normalized spacial score (nSPS) is 21.0. The summed E-state index contributed by atoms with van der Waals surface area (Å²) >= 11 is 12.6. The van der Waals surface area contributed by atoms with E-state index in [0.29, 0.717) is 57.9 Å². The van der Waals surface area contributed by atoms with Crippen molar-refractivity contribution in [3.8, 4) is 17.2 Å². The fourth-order valence-electron chi connectivity index (χ4n) is 5.10. The van der Waals surface area contributed by atoms with Crippen LogP contribution in [0.1, 0.15) is 59.1 Å². The monoisotopic (exact) mass is 539 g/mol. The molecule has 3 aromatic rings. The van der Waals surface area contributed by atoms with Crippen LogP contribution in [0.3, 0.4) is 0 Å². The second-order valence-corrected chi connectivity index (χ2v) is 10.4. The minimum absolute atomic E-state index is 0.100. The number of benzene rings is 3. The predicted molar refractivity (Wildman–Crippen MR) is 142 cm³/mol. The van der Waals surface area contributed by atoms with Gasteiger partial charge < -0.3 is 19.9 Å². The van der Waals surface area contributed by atoms with Crippen LogP contribution in [0.5, 0.6) is 17.2 Å². The number of rotatable bonds is 7. The number of carboxylic acid groups (broad SMARTS) is 1. The Balaban J connectivity index is 1.22. The van der Waals surface area contributed by atoms with E-state index in [4.69, 9.17) is 32.7 Å². The molecule has 0 spiro atoms. The van der Waals surface area contributed by atoms with E-state index in [0.717, 1.165) is 24.9 Å². The van der Waals surface area contributed by atoms with E-state index in [1.54, 1.807) is 36.4 Å². The Bertz CT molecular complexity index is 1310. The van der Waals surface area contributed by atoms with Gasteiger partial charge in [0, 0.05) is 34.7 Å². The Morgan fingerprint density at radius 1 is 1.05 bits per heavy atom. The van der Waals surface area contributed by atoms with Gasteiger partial charge in [-0.15, -0.1) is 0 Å². The molecule has 37 heavy (non-hydrogen) atoms. The van der Waals surface area contributed by atoms with E-state index in [-0.39, 0.29) is 17.7 Å². The van der Waals surface area contributed by atoms with Gasteiger partial charge in [-0.1, -0.05) is 35.3 Å². The van der Waals surface area contributed by atoms with E-state index in [1.165, 1.54) is 0 Å². The van der Waals surface area contributed by atoms with E-state index in [9.17, 15) is 14.7 Å². The second kappa shape index (κ2) is 11.1. The lowest BCUT2D eigenvalue weighted by Gasteiger charge is -2.30. The number of hydrogen-bond donors (Lipinski definition) is 2. The number of ether oxygens (including phenoxy) is 2. The maximum Gasteiger partial charge on any atom is 0.311 e. The molecule has 1 saturated heterocycles. The van der Waals surface area contributed by atoms with Gasteiger partial charge in [0.2, 0.25) is 0 Å². The van der Waals surface area contributed by atoms with Gasteiger partial charge in [0.15, 0.2) is 5.78 Å². The molecule has 1 fully saturated rings. The average Bonchev–Trinajstić information content (AvgIpc) is 2.89. The average molecular weight is 540 g/mol. The molecule has 2 aliphatic heterocycles. The molecule has 2 heterocycles. The number of carboxylic acids is 1. The number of piperidine rings is 1. The summed E-state index contributed by atoms with van der Waals surface area (Å²) in [5.41, 5.74) is 2.33. The summed E-state index contributed by atoms with van der Waals surface area (Å²) in [6, 6.07) is 18.3. The minimum atomic E-state index is -0.904. The molecule has 5 rings (SSSR count). The Kier molecular flexibility index (Phi) is 7.70. The van der Waals surface area contributed by atoms with E-state index in [1.807, 2.05) is 18.2 Å². The molecule has 2 N–H and O–H groups in total. The maximum absolute atomic E-state index is 13.0. The lowest BCUT2D eigenvalue weighted by atomic mass is 9.84.